The zero-order valence-corrected chi connectivity index (χ0v) is 6.84. The molecule has 1 unspecified atom stereocenters. The van der Waals surface area contributed by atoms with Gasteiger partial charge < -0.3 is 9.47 Å². The second-order valence-electron chi connectivity index (χ2n) is 2.64. The standard InChI is InChI=1S/C8H14O3/c1-2-7(9)11-8-5-3-4-6-10-8/h8H,2-6H2,1H3. The molecule has 1 saturated heterocycles. The minimum absolute atomic E-state index is 0.170. The van der Waals surface area contributed by atoms with Gasteiger partial charge in [0.25, 0.3) is 0 Å². The summed E-state index contributed by atoms with van der Waals surface area (Å²) >= 11 is 0. The predicted molar refractivity (Wildman–Crippen MR) is 40.0 cm³/mol. The van der Waals surface area contributed by atoms with E-state index < -0.39 is 0 Å². The van der Waals surface area contributed by atoms with E-state index in [4.69, 9.17) is 9.47 Å². The summed E-state index contributed by atoms with van der Waals surface area (Å²) < 4.78 is 10.2. The lowest BCUT2D eigenvalue weighted by Crippen LogP contribution is -2.24. The van der Waals surface area contributed by atoms with Gasteiger partial charge in [-0.3, -0.25) is 4.79 Å². The van der Waals surface area contributed by atoms with E-state index in [-0.39, 0.29) is 12.3 Å². The Kier molecular flexibility index (Phi) is 3.36. The Labute approximate surface area is 66.7 Å². The van der Waals surface area contributed by atoms with Crippen LogP contribution in [0.1, 0.15) is 32.6 Å². The van der Waals surface area contributed by atoms with Crippen molar-refractivity contribution in [1.82, 2.24) is 0 Å². The van der Waals surface area contributed by atoms with Gasteiger partial charge in [-0.15, -0.1) is 0 Å². The molecule has 1 fully saturated rings. The number of rotatable bonds is 2. The van der Waals surface area contributed by atoms with E-state index in [0.717, 1.165) is 25.9 Å². The molecule has 1 rings (SSSR count). The highest BCUT2D eigenvalue weighted by atomic mass is 16.7. The average Bonchev–Trinajstić information content (AvgIpc) is 2.06. The summed E-state index contributed by atoms with van der Waals surface area (Å²) in [7, 11) is 0. The van der Waals surface area contributed by atoms with Crippen LogP contribution in [0.5, 0.6) is 0 Å². The van der Waals surface area contributed by atoms with Gasteiger partial charge in [0.1, 0.15) is 0 Å². The van der Waals surface area contributed by atoms with Crippen molar-refractivity contribution in [2.45, 2.75) is 38.9 Å². The van der Waals surface area contributed by atoms with Crippen molar-refractivity contribution in [3.05, 3.63) is 0 Å². The molecule has 3 nitrogen and oxygen atoms in total. The van der Waals surface area contributed by atoms with Crippen LogP contribution < -0.4 is 0 Å². The van der Waals surface area contributed by atoms with Gasteiger partial charge in [0.05, 0.1) is 6.61 Å². The Bertz CT molecular complexity index is 127. The zero-order valence-electron chi connectivity index (χ0n) is 6.84. The van der Waals surface area contributed by atoms with E-state index >= 15 is 0 Å². The van der Waals surface area contributed by atoms with Crippen LogP contribution in [0.4, 0.5) is 0 Å². The minimum Gasteiger partial charge on any atom is -0.436 e. The maximum absolute atomic E-state index is 10.8. The van der Waals surface area contributed by atoms with E-state index in [1.807, 2.05) is 0 Å². The number of hydrogen-bond acceptors (Lipinski definition) is 3. The summed E-state index contributed by atoms with van der Waals surface area (Å²) in [5.74, 6) is -0.170. The first-order valence-electron chi connectivity index (χ1n) is 4.14. The lowest BCUT2D eigenvalue weighted by molar-refractivity contribution is -0.186. The van der Waals surface area contributed by atoms with Crippen molar-refractivity contribution in [2.75, 3.05) is 6.61 Å². The number of esters is 1. The lowest BCUT2D eigenvalue weighted by atomic mass is 10.2. The smallest absolute Gasteiger partial charge is 0.307 e. The van der Waals surface area contributed by atoms with E-state index in [2.05, 4.69) is 0 Å². The van der Waals surface area contributed by atoms with E-state index in [1.165, 1.54) is 0 Å². The number of hydrogen-bond donors (Lipinski definition) is 0. The molecular weight excluding hydrogens is 144 g/mol. The molecule has 64 valence electrons. The van der Waals surface area contributed by atoms with Crippen molar-refractivity contribution < 1.29 is 14.3 Å². The average molecular weight is 158 g/mol. The summed E-state index contributed by atoms with van der Waals surface area (Å²) in [5, 5.41) is 0. The Morgan fingerprint density at radius 3 is 3.00 bits per heavy atom. The SMILES string of the molecule is CCC(=O)OC1CCCCO1. The Morgan fingerprint density at radius 2 is 2.45 bits per heavy atom. The third-order valence-corrected chi connectivity index (χ3v) is 1.69. The van der Waals surface area contributed by atoms with Gasteiger partial charge in [-0.25, -0.2) is 0 Å². The Balaban J connectivity index is 2.19. The predicted octanol–water partition coefficient (Wildman–Crippen LogP) is 1.47. The maximum Gasteiger partial charge on any atom is 0.307 e. The van der Waals surface area contributed by atoms with Crippen LogP contribution in [0, 0.1) is 0 Å². The molecule has 1 aliphatic heterocycles. The van der Waals surface area contributed by atoms with Crippen LogP contribution in [-0.2, 0) is 14.3 Å². The van der Waals surface area contributed by atoms with E-state index in [0.29, 0.717) is 6.42 Å². The first-order chi connectivity index (χ1) is 5.33. The minimum atomic E-state index is -0.267. The molecule has 3 heteroatoms. The molecule has 0 aromatic heterocycles. The summed E-state index contributed by atoms with van der Waals surface area (Å²) in [6, 6.07) is 0. The molecule has 0 bridgehead atoms. The summed E-state index contributed by atoms with van der Waals surface area (Å²) in [6.45, 7) is 2.51. The van der Waals surface area contributed by atoms with Gasteiger partial charge in [0.15, 0.2) is 0 Å². The molecule has 0 aromatic carbocycles. The summed E-state index contributed by atoms with van der Waals surface area (Å²) in [6.07, 6.45) is 3.20. The molecule has 0 radical (unpaired) electrons. The van der Waals surface area contributed by atoms with Crippen LogP contribution in [0.15, 0.2) is 0 Å². The lowest BCUT2D eigenvalue weighted by Gasteiger charge is -2.21. The van der Waals surface area contributed by atoms with Gasteiger partial charge in [-0.05, 0) is 12.8 Å². The highest BCUT2D eigenvalue weighted by Gasteiger charge is 2.16. The largest absolute Gasteiger partial charge is 0.436 e. The third-order valence-electron chi connectivity index (χ3n) is 1.69. The van der Waals surface area contributed by atoms with Crippen LogP contribution in [-0.4, -0.2) is 18.9 Å². The topological polar surface area (TPSA) is 35.5 Å². The van der Waals surface area contributed by atoms with Gasteiger partial charge in [-0.1, -0.05) is 6.92 Å². The van der Waals surface area contributed by atoms with Crippen molar-refractivity contribution in [1.29, 1.82) is 0 Å². The second-order valence-corrected chi connectivity index (χ2v) is 2.64. The van der Waals surface area contributed by atoms with Crippen molar-refractivity contribution >= 4 is 5.97 Å². The molecule has 0 N–H and O–H groups in total. The van der Waals surface area contributed by atoms with E-state index in [1.54, 1.807) is 6.92 Å². The van der Waals surface area contributed by atoms with Gasteiger partial charge in [0, 0.05) is 12.8 Å². The van der Waals surface area contributed by atoms with Crippen LogP contribution in [0.25, 0.3) is 0 Å². The first kappa shape index (κ1) is 8.53. The molecule has 1 aliphatic rings. The molecular formula is C8H14O3. The summed E-state index contributed by atoms with van der Waals surface area (Å²) in [4.78, 5) is 10.8. The fourth-order valence-electron chi connectivity index (χ4n) is 1.03. The maximum atomic E-state index is 10.8. The van der Waals surface area contributed by atoms with Crippen molar-refractivity contribution in [3.8, 4) is 0 Å². The van der Waals surface area contributed by atoms with Gasteiger partial charge >= 0.3 is 5.97 Å². The molecule has 0 saturated carbocycles. The third kappa shape index (κ3) is 2.89. The monoisotopic (exact) mass is 158 g/mol. The van der Waals surface area contributed by atoms with Crippen LogP contribution >= 0.6 is 0 Å². The Hall–Kier alpha value is -0.570. The highest BCUT2D eigenvalue weighted by molar-refractivity contribution is 5.68. The van der Waals surface area contributed by atoms with Gasteiger partial charge in [0.2, 0.25) is 6.29 Å². The zero-order chi connectivity index (χ0) is 8.10. The molecule has 0 spiro atoms. The number of ether oxygens (including phenoxy) is 2. The Morgan fingerprint density at radius 1 is 1.64 bits per heavy atom. The molecule has 0 aromatic rings. The summed E-state index contributed by atoms with van der Waals surface area (Å²) in [5.41, 5.74) is 0. The second kappa shape index (κ2) is 4.34. The van der Waals surface area contributed by atoms with Crippen LogP contribution in [0.3, 0.4) is 0 Å². The van der Waals surface area contributed by atoms with Crippen LogP contribution in [0.2, 0.25) is 0 Å². The number of carbonyl (C=O) groups is 1. The quantitative estimate of drug-likeness (QED) is 0.571. The molecule has 1 atom stereocenters. The van der Waals surface area contributed by atoms with Crippen molar-refractivity contribution in [2.24, 2.45) is 0 Å². The molecule has 11 heavy (non-hydrogen) atoms. The van der Waals surface area contributed by atoms with E-state index in [9.17, 15) is 4.79 Å². The van der Waals surface area contributed by atoms with Crippen molar-refractivity contribution in [3.63, 3.8) is 0 Å². The molecule has 0 amide bonds. The fraction of sp³-hybridized carbons (Fsp3) is 0.875. The highest BCUT2D eigenvalue weighted by Crippen LogP contribution is 2.13. The number of carbonyl (C=O) groups excluding carboxylic acids is 1. The first-order valence-corrected chi connectivity index (χ1v) is 4.14. The normalized spacial score (nSPS) is 24.6. The molecule has 0 aliphatic carbocycles. The molecule has 1 heterocycles. The fourth-order valence-corrected chi connectivity index (χ4v) is 1.03. The van der Waals surface area contributed by atoms with Gasteiger partial charge in [-0.2, -0.15) is 0 Å².